The molecule has 1 aromatic rings. The highest BCUT2D eigenvalue weighted by Gasteiger charge is 2.27. The van der Waals surface area contributed by atoms with Crippen LogP contribution < -0.4 is 4.72 Å². The number of hydrogen-bond acceptors (Lipinski definition) is 4. The summed E-state index contributed by atoms with van der Waals surface area (Å²) < 4.78 is 28.0. The zero-order chi connectivity index (χ0) is 18.6. The Bertz CT molecular complexity index is 697. The first-order valence-corrected chi connectivity index (χ1v) is 11.6. The van der Waals surface area contributed by atoms with E-state index in [1.807, 2.05) is 12.1 Å². The average Bonchev–Trinajstić information content (AvgIpc) is 3.45. The lowest BCUT2D eigenvalue weighted by molar-refractivity contribution is 0.243. The summed E-state index contributed by atoms with van der Waals surface area (Å²) in [5, 5.41) is 0. The minimum Gasteiger partial charge on any atom is -0.304 e. The highest BCUT2D eigenvalue weighted by Crippen LogP contribution is 2.31. The minimum absolute atomic E-state index is 0.410. The van der Waals surface area contributed by atoms with Crippen molar-refractivity contribution < 1.29 is 8.42 Å². The third-order valence-corrected chi connectivity index (χ3v) is 7.09. The number of sulfonamides is 1. The first kappa shape index (κ1) is 19.8. The molecule has 0 radical (unpaired) electrons. The Hall–Kier alpha value is -0.950. The van der Waals surface area contributed by atoms with Crippen LogP contribution in [-0.4, -0.2) is 57.5 Å². The Morgan fingerprint density at radius 3 is 2.65 bits per heavy atom. The van der Waals surface area contributed by atoms with E-state index < -0.39 is 10.0 Å². The number of fused-ring (bicyclic) bond motifs is 1. The van der Waals surface area contributed by atoms with Gasteiger partial charge in [-0.3, -0.25) is 4.90 Å². The van der Waals surface area contributed by atoms with E-state index in [1.54, 1.807) is 6.07 Å². The van der Waals surface area contributed by atoms with E-state index in [2.05, 4.69) is 28.4 Å². The molecule has 0 saturated heterocycles. The van der Waals surface area contributed by atoms with Crippen molar-refractivity contribution in [2.75, 3.05) is 39.3 Å². The average molecular weight is 380 g/mol. The summed E-state index contributed by atoms with van der Waals surface area (Å²) in [7, 11) is -3.42. The van der Waals surface area contributed by atoms with Gasteiger partial charge in [0.2, 0.25) is 10.0 Å². The van der Waals surface area contributed by atoms with E-state index in [0.717, 1.165) is 51.5 Å². The Morgan fingerprint density at radius 2 is 1.96 bits per heavy atom. The van der Waals surface area contributed by atoms with Crippen LogP contribution in [0.1, 0.15) is 44.2 Å². The molecule has 146 valence electrons. The van der Waals surface area contributed by atoms with Gasteiger partial charge in [-0.1, -0.05) is 19.9 Å². The standard InChI is InChI=1S/C20H33N3O2S/c1-3-22(4-2)12-5-11-21-26(24,25)20-9-8-18-10-13-23(15-17-6-7-17)16-19(18)14-20/h8-9,14,17,21H,3-7,10-13,15-16H2,1-2H3. The third kappa shape index (κ3) is 5.28. The van der Waals surface area contributed by atoms with Crippen LogP contribution in [0, 0.1) is 5.92 Å². The molecule has 0 amide bonds. The molecule has 26 heavy (non-hydrogen) atoms. The van der Waals surface area contributed by atoms with Gasteiger partial charge in [-0.05, 0) is 74.5 Å². The zero-order valence-corrected chi connectivity index (χ0v) is 17.0. The maximum absolute atomic E-state index is 12.6. The molecule has 1 aliphatic carbocycles. The molecule has 1 heterocycles. The maximum atomic E-state index is 12.6. The largest absolute Gasteiger partial charge is 0.304 e. The number of nitrogens with zero attached hydrogens (tertiary/aromatic N) is 2. The third-order valence-electron chi connectivity index (χ3n) is 5.63. The molecule has 1 saturated carbocycles. The summed E-state index contributed by atoms with van der Waals surface area (Å²) in [5.41, 5.74) is 2.49. The van der Waals surface area contributed by atoms with Crippen molar-refractivity contribution in [3.63, 3.8) is 0 Å². The number of rotatable bonds is 10. The summed E-state index contributed by atoms with van der Waals surface area (Å²) in [6, 6.07) is 5.66. The van der Waals surface area contributed by atoms with Gasteiger partial charge in [0.25, 0.3) is 0 Å². The molecule has 1 aromatic carbocycles. The second-order valence-corrected chi connectivity index (χ2v) is 9.40. The van der Waals surface area contributed by atoms with Gasteiger partial charge in [0.15, 0.2) is 0 Å². The molecule has 0 spiro atoms. The highest BCUT2D eigenvalue weighted by molar-refractivity contribution is 7.89. The van der Waals surface area contributed by atoms with Crippen molar-refractivity contribution >= 4 is 10.0 Å². The molecule has 1 fully saturated rings. The molecule has 2 aliphatic rings. The maximum Gasteiger partial charge on any atom is 0.240 e. The SMILES string of the molecule is CCN(CC)CCCNS(=O)(=O)c1ccc2c(c1)CN(CC1CC1)CC2. The number of nitrogens with one attached hydrogen (secondary N) is 1. The zero-order valence-electron chi connectivity index (χ0n) is 16.2. The fourth-order valence-corrected chi connectivity index (χ4v) is 4.84. The van der Waals surface area contributed by atoms with Crippen molar-refractivity contribution in [1.82, 2.24) is 14.5 Å². The van der Waals surface area contributed by atoms with E-state index in [9.17, 15) is 8.42 Å². The van der Waals surface area contributed by atoms with Crippen LogP contribution in [0.2, 0.25) is 0 Å². The smallest absolute Gasteiger partial charge is 0.240 e. The predicted molar refractivity (Wildman–Crippen MR) is 106 cm³/mol. The monoisotopic (exact) mass is 379 g/mol. The lowest BCUT2D eigenvalue weighted by Gasteiger charge is -2.29. The molecular weight excluding hydrogens is 346 g/mol. The van der Waals surface area contributed by atoms with E-state index in [-0.39, 0.29) is 0 Å². The van der Waals surface area contributed by atoms with Crippen molar-refractivity contribution in [2.45, 2.75) is 51.0 Å². The van der Waals surface area contributed by atoms with E-state index in [1.165, 1.54) is 30.5 Å². The Labute approximate surface area is 158 Å². The van der Waals surface area contributed by atoms with Crippen LogP contribution in [0.3, 0.4) is 0 Å². The highest BCUT2D eigenvalue weighted by atomic mass is 32.2. The summed E-state index contributed by atoms with van der Waals surface area (Å²) in [6.45, 7) is 10.8. The summed E-state index contributed by atoms with van der Waals surface area (Å²) in [5.74, 6) is 0.871. The van der Waals surface area contributed by atoms with Gasteiger partial charge in [0.05, 0.1) is 4.90 Å². The molecule has 0 atom stereocenters. The van der Waals surface area contributed by atoms with Crippen LogP contribution in [-0.2, 0) is 23.0 Å². The normalized spacial score (nSPS) is 18.3. The minimum atomic E-state index is -3.42. The van der Waals surface area contributed by atoms with Crippen LogP contribution in [0.15, 0.2) is 23.1 Å². The van der Waals surface area contributed by atoms with Crippen LogP contribution in [0.5, 0.6) is 0 Å². The lowest BCUT2D eigenvalue weighted by atomic mass is 10.00. The Morgan fingerprint density at radius 1 is 1.19 bits per heavy atom. The van der Waals surface area contributed by atoms with Gasteiger partial charge in [-0.15, -0.1) is 0 Å². The van der Waals surface area contributed by atoms with Crippen LogP contribution in [0.4, 0.5) is 0 Å². The van der Waals surface area contributed by atoms with E-state index in [0.29, 0.717) is 11.4 Å². The fourth-order valence-electron chi connectivity index (χ4n) is 3.71. The first-order chi connectivity index (χ1) is 12.5. The first-order valence-electron chi connectivity index (χ1n) is 10.1. The van der Waals surface area contributed by atoms with Crippen LogP contribution >= 0.6 is 0 Å². The Kier molecular flexibility index (Phi) is 6.72. The van der Waals surface area contributed by atoms with Crippen molar-refractivity contribution in [3.05, 3.63) is 29.3 Å². The molecule has 1 aliphatic heterocycles. The topological polar surface area (TPSA) is 52.7 Å². The van der Waals surface area contributed by atoms with Crippen molar-refractivity contribution in [3.8, 4) is 0 Å². The molecule has 6 heteroatoms. The molecule has 1 N–H and O–H groups in total. The summed E-state index contributed by atoms with van der Waals surface area (Å²) in [6.07, 6.45) is 4.57. The van der Waals surface area contributed by atoms with Crippen molar-refractivity contribution in [1.29, 1.82) is 0 Å². The van der Waals surface area contributed by atoms with Gasteiger partial charge in [0, 0.05) is 26.2 Å². The van der Waals surface area contributed by atoms with Crippen LogP contribution in [0.25, 0.3) is 0 Å². The van der Waals surface area contributed by atoms with Crippen molar-refractivity contribution in [2.24, 2.45) is 5.92 Å². The van der Waals surface area contributed by atoms with E-state index >= 15 is 0 Å². The Balaban J connectivity index is 1.57. The summed E-state index contributed by atoms with van der Waals surface area (Å²) in [4.78, 5) is 5.20. The van der Waals surface area contributed by atoms with Gasteiger partial charge < -0.3 is 4.90 Å². The lowest BCUT2D eigenvalue weighted by Crippen LogP contribution is -2.33. The molecule has 0 unspecified atom stereocenters. The molecule has 3 rings (SSSR count). The molecule has 0 bridgehead atoms. The quantitative estimate of drug-likeness (QED) is 0.635. The van der Waals surface area contributed by atoms with Gasteiger partial charge >= 0.3 is 0 Å². The fraction of sp³-hybridized carbons (Fsp3) is 0.700. The van der Waals surface area contributed by atoms with Gasteiger partial charge in [-0.2, -0.15) is 0 Å². The molecule has 0 aromatic heterocycles. The predicted octanol–water partition coefficient (Wildman–Crippen LogP) is 2.46. The molecular formula is C20H33N3O2S. The van der Waals surface area contributed by atoms with E-state index in [4.69, 9.17) is 0 Å². The molecule has 5 nitrogen and oxygen atoms in total. The van der Waals surface area contributed by atoms with Gasteiger partial charge in [0.1, 0.15) is 0 Å². The number of benzene rings is 1. The summed E-state index contributed by atoms with van der Waals surface area (Å²) >= 11 is 0. The second-order valence-electron chi connectivity index (χ2n) is 7.64. The number of hydrogen-bond donors (Lipinski definition) is 1. The van der Waals surface area contributed by atoms with Gasteiger partial charge in [-0.25, -0.2) is 13.1 Å². The second kappa shape index (κ2) is 8.83.